The molecule has 0 aromatic carbocycles. The molecule has 0 saturated heterocycles. The highest BCUT2D eigenvalue weighted by atomic mass is 32.2. The van der Waals surface area contributed by atoms with Gasteiger partial charge in [0, 0.05) is 0 Å². The smallest absolute Gasteiger partial charge is 0.126 e. The monoisotopic (exact) mass is 162 g/mol. The largest absolute Gasteiger partial charge is 0.496 e. The highest BCUT2D eigenvalue weighted by Crippen LogP contribution is 2.21. The molecule has 0 aromatic rings. The van der Waals surface area contributed by atoms with Crippen molar-refractivity contribution in [3.8, 4) is 0 Å². The van der Waals surface area contributed by atoms with Gasteiger partial charge < -0.3 is 4.74 Å². The van der Waals surface area contributed by atoms with Crippen LogP contribution < -0.4 is 0 Å². The van der Waals surface area contributed by atoms with E-state index in [1.807, 2.05) is 12.5 Å². The molecule has 0 atom stereocenters. The fourth-order valence-corrected chi connectivity index (χ4v) is 1.31. The predicted octanol–water partition coefficient (Wildman–Crippen LogP) is 2.31. The minimum Gasteiger partial charge on any atom is -0.496 e. The summed E-state index contributed by atoms with van der Waals surface area (Å²) in [5, 5.41) is 0. The number of hydrogen-bond acceptors (Lipinski definition) is 3. The third-order valence-electron chi connectivity index (χ3n) is 0.665. The maximum Gasteiger partial charge on any atom is 0.126 e. The molecule has 0 bridgehead atoms. The van der Waals surface area contributed by atoms with Gasteiger partial charge in [0.2, 0.25) is 0 Å². The fourth-order valence-electron chi connectivity index (χ4n) is 0.308. The predicted molar refractivity (Wildman–Crippen MR) is 45.6 cm³/mol. The van der Waals surface area contributed by atoms with Gasteiger partial charge in [0.1, 0.15) is 6.26 Å². The molecule has 0 fully saturated rings. The quantitative estimate of drug-likeness (QED) is 0.465. The van der Waals surface area contributed by atoms with Crippen molar-refractivity contribution in [2.24, 2.45) is 0 Å². The Labute approximate surface area is 64.5 Å². The standard InChI is InChI=1S/C6H10OS2/c1-7-5-4-6(8-2)9-3/h5H,1-3H3. The lowest BCUT2D eigenvalue weighted by molar-refractivity contribution is 0.339. The Morgan fingerprint density at radius 3 is 2.33 bits per heavy atom. The number of thioether (sulfide) groups is 2. The summed E-state index contributed by atoms with van der Waals surface area (Å²) in [4.78, 5) is 0. The van der Waals surface area contributed by atoms with Crippen molar-refractivity contribution in [2.75, 3.05) is 19.6 Å². The second-order valence-corrected chi connectivity index (χ2v) is 3.09. The van der Waals surface area contributed by atoms with Gasteiger partial charge in [0.05, 0.1) is 11.3 Å². The molecular formula is C6H10OS2. The summed E-state index contributed by atoms with van der Waals surface area (Å²) in [6.45, 7) is 0. The van der Waals surface area contributed by atoms with Crippen LogP contribution in [0.4, 0.5) is 0 Å². The van der Waals surface area contributed by atoms with E-state index in [0.717, 1.165) is 4.24 Å². The number of hydrogen-bond donors (Lipinski definition) is 0. The van der Waals surface area contributed by atoms with Crippen LogP contribution in [-0.4, -0.2) is 19.6 Å². The molecular weight excluding hydrogens is 152 g/mol. The molecule has 52 valence electrons. The molecule has 0 rings (SSSR count). The number of methoxy groups -OCH3 is 1. The van der Waals surface area contributed by atoms with Crippen LogP contribution in [0, 0.1) is 0 Å². The highest BCUT2D eigenvalue weighted by Gasteiger charge is 1.84. The molecule has 0 N–H and O–H groups in total. The molecule has 0 unspecified atom stereocenters. The summed E-state index contributed by atoms with van der Waals surface area (Å²) >= 11 is 3.33. The van der Waals surface area contributed by atoms with E-state index >= 15 is 0 Å². The van der Waals surface area contributed by atoms with Gasteiger partial charge in [-0.3, -0.25) is 0 Å². The van der Waals surface area contributed by atoms with Crippen molar-refractivity contribution in [3.05, 3.63) is 16.2 Å². The minimum absolute atomic E-state index is 1.14. The molecule has 1 nitrogen and oxygen atoms in total. The van der Waals surface area contributed by atoms with Gasteiger partial charge in [-0.05, 0) is 12.5 Å². The SMILES string of the molecule is COC=C=C(SC)SC. The molecule has 0 heterocycles. The van der Waals surface area contributed by atoms with Crippen molar-refractivity contribution in [3.63, 3.8) is 0 Å². The highest BCUT2D eigenvalue weighted by molar-refractivity contribution is 8.21. The topological polar surface area (TPSA) is 9.23 Å². The van der Waals surface area contributed by atoms with Crippen LogP contribution in [0.25, 0.3) is 0 Å². The van der Waals surface area contributed by atoms with E-state index in [2.05, 4.69) is 5.73 Å². The molecule has 0 radical (unpaired) electrons. The minimum atomic E-state index is 1.14. The first-order valence-electron chi connectivity index (χ1n) is 2.41. The number of rotatable bonds is 3. The summed E-state index contributed by atoms with van der Waals surface area (Å²) in [5.41, 5.74) is 2.96. The summed E-state index contributed by atoms with van der Waals surface area (Å²) in [5.74, 6) is 0. The lowest BCUT2D eigenvalue weighted by atomic mass is 10.9. The fraction of sp³-hybridized carbons (Fsp3) is 0.500. The van der Waals surface area contributed by atoms with Gasteiger partial charge in [0.15, 0.2) is 0 Å². The van der Waals surface area contributed by atoms with Crippen LogP contribution >= 0.6 is 23.5 Å². The Kier molecular flexibility index (Phi) is 6.16. The zero-order valence-corrected chi connectivity index (χ0v) is 7.44. The van der Waals surface area contributed by atoms with Gasteiger partial charge in [-0.2, -0.15) is 0 Å². The van der Waals surface area contributed by atoms with E-state index in [-0.39, 0.29) is 0 Å². The molecule has 0 aromatic heterocycles. The molecule has 0 saturated carbocycles. The van der Waals surface area contributed by atoms with Gasteiger partial charge in [-0.1, -0.05) is 5.73 Å². The lowest BCUT2D eigenvalue weighted by Crippen LogP contribution is -1.63. The van der Waals surface area contributed by atoms with Crippen molar-refractivity contribution in [2.45, 2.75) is 0 Å². The normalized spacial score (nSPS) is 7.89. The molecule has 0 spiro atoms. The van der Waals surface area contributed by atoms with Gasteiger partial charge >= 0.3 is 0 Å². The van der Waals surface area contributed by atoms with E-state index in [4.69, 9.17) is 4.74 Å². The molecule has 0 amide bonds. The van der Waals surface area contributed by atoms with Crippen molar-refractivity contribution in [1.82, 2.24) is 0 Å². The van der Waals surface area contributed by atoms with Crippen LogP contribution in [0.1, 0.15) is 0 Å². The van der Waals surface area contributed by atoms with Crippen molar-refractivity contribution >= 4 is 23.5 Å². The van der Waals surface area contributed by atoms with Crippen LogP contribution in [0.5, 0.6) is 0 Å². The Morgan fingerprint density at radius 1 is 1.44 bits per heavy atom. The molecule has 9 heavy (non-hydrogen) atoms. The summed E-state index contributed by atoms with van der Waals surface area (Å²) in [6.07, 6.45) is 5.59. The molecule has 3 heteroatoms. The first-order chi connectivity index (χ1) is 4.35. The van der Waals surface area contributed by atoms with Crippen molar-refractivity contribution < 1.29 is 4.74 Å². The first-order valence-corrected chi connectivity index (χ1v) is 4.86. The maximum absolute atomic E-state index is 4.69. The van der Waals surface area contributed by atoms with E-state index in [9.17, 15) is 0 Å². The zero-order chi connectivity index (χ0) is 7.11. The first kappa shape index (κ1) is 9.02. The van der Waals surface area contributed by atoms with Crippen LogP contribution in [-0.2, 0) is 4.74 Å². The van der Waals surface area contributed by atoms with Crippen LogP contribution in [0.15, 0.2) is 16.2 Å². The summed E-state index contributed by atoms with van der Waals surface area (Å²) < 4.78 is 5.83. The second-order valence-electron chi connectivity index (χ2n) is 1.19. The van der Waals surface area contributed by atoms with E-state index < -0.39 is 0 Å². The van der Waals surface area contributed by atoms with E-state index in [0.29, 0.717) is 0 Å². The summed E-state index contributed by atoms with van der Waals surface area (Å²) in [7, 11) is 1.62. The average Bonchev–Trinajstić information content (AvgIpc) is 1.91. The van der Waals surface area contributed by atoms with Gasteiger partial charge in [-0.15, -0.1) is 23.5 Å². The Morgan fingerprint density at radius 2 is 2.00 bits per heavy atom. The molecule has 0 aliphatic heterocycles. The van der Waals surface area contributed by atoms with Crippen LogP contribution in [0.2, 0.25) is 0 Å². The van der Waals surface area contributed by atoms with Crippen molar-refractivity contribution in [1.29, 1.82) is 0 Å². The Hall–Kier alpha value is 0.0200. The molecule has 0 aliphatic carbocycles. The third-order valence-corrected chi connectivity index (χ3v) is 2.64. The molecule has 0 aliphatic rings. The summed E-state index contributed by atoms with van der Waals surface area (Å²) in [6, 6.07) is 0. The van der Waals surface area contributed by atoms with Gasteiger partial charge in [0.25, 0.3) is 0 Å². The Balaban J connectivity index is 3.89. The second kappa shape index (κ2) is 6.14. The average molecular weight is 162 g/mol. The van der Waals surface area contributed by atoms with Gasteiger partial charge in [-0.25, -0.2) is 0 Å². The third kappa shape index (κ3) is 4.52. The zero-order valence-electron chi connectivity index (χ0n) is 5.80. The lowest BCUT2D eigenvalue weighted by Gasteiger charge is -1.90. The van der Waals surface area contributed by atoms with Crippen LogP contribution in [0.3, 0.4) is 0 Å². The van der Waals surface area contributed by atoms with E-state index in [1.165, 1.54) is 0 Å². The maximum atomic E-state index is 4.69. The number of ether oxygens (including phenoxy) is 1. The Bertz CT molecular complexity index is 119. The van der Waals surface area contributed by atoms with E-state index in [1.54, 1.807) is 36.9 Å².